The highest BCUT2D eigenvalue weighted by molar-refractivity contribution is 7.10. The Labute approximate surface area is 162 Å². The second kappa shape index (κ2) is 8.71. The van der Waals surface area contributed by atoms with E-state index in [2.05, 4.69) is 5.32 Å². The van der Waals surface area contributed by atoms with E-state index >= 15 is 0 Å². The lowest BCUT2D eigenvalue weighted by Crippen LogP contribution is -2.32. The zero-order valence-corrected chi connectivity index (χ0v) is 15.1. The molecule has 0 spiro atoms. The van der Waals surface area contributed by atoms with E-state index in [0.29, 0.717) is 11.6 Å². The molecule has 0 aliphatic heterocycles. The van der Waals surface area contributed by atoms with Crippen LogP contribution < -0.4 is 5.32 Å². The number of hydrogen-bond donors (Lipinski definition) is 1. The van der Waals surface area contributed by atoms with Crippen molar-refractivity contribution in [1.29, 1.82) is 0 Å². The van der Waals surface area contributed by atoms with Gasteiger partial charge in [-0.2, -0.15) is 0 Å². The Morgan fingerprint density at radius 1 is 1.00 bits per heavy atom. The average molecular weight is 405 g/mol. The van der Waals surface area contributed by atoms with Crippen molar-refractivity contribution >= 4 is 23.2 Å². The number of nitrogens with one attached hydrogen (secondary N) is 1. The van der Waals surface area contributed by atoms with Crippen LogP contribution in [0.5, 0.6) is 0 Å². The molecule has 28 heavy (non-hydrogen) atoms. The Bertz CT molecular complexity index is 975. The van der Waals surface area contributed by atoms with Crippen molar-refractivity contribution in [3.8, 4) is 0 Å². The lowest BCUT2D eigenvalue weighted by Gasteiger charge is -2.18. The van der Waals surface area contributed by atoms with Crippen LogP contribution in [0.15, 0.2) is 60.0 Å². The summed E-state index contributed by atoms with van der Waals surface area (Å²) in [5, 5.41) is 4.55. The van der Waals surface area contributed by atoms with Crippen LogP contribution in [0.4, 0.5) is 13.2 Å². The van der Waals surface area contributed by atoms with Gasteiger partial charge >= 0.3 is 5.97 Å². The first-order valence-corrected chi connectivity index (χ1v) is 9.02. The third kappa shape index (κ3) is 4.77. The summed E-state index contributed by atoms with van der Waals surface area (Å²) in [5.41, 5.74) is 0.448. The first-order valence-electron chi connectivity index (χ1n) is 8.14. The van der Waals surface area contributed by atoms with Crippen molar-refractivity contribution < 1.29 is 27.5 Å². The van der Waals surface area contributed by atoms with Gasteiger partial charge in [0.2, 0.25) is 0 Å². The molecule has 0 bridgehead atoms. The van der Waals surface area contributed by atoms with Gasteiger partial charge in [-0.1, -0.05) is 18.2 Å². The summed E-state index contributed by atoms with van der Waals surface area (Å²) >= 11 is 1.40. The van der Waals surface area contributed by atoms with E-state index in [1.165, 1.54) is 23.5 Å². The molecule has 1 aromatic heterocycles. The number of amides is 1. The lowest BCUT2D eigenvalue weighted by molar-refractivity contribution is -0.124. The topological polar surface area (TPSA) is 55.4 Å². The zero-order valence-electron chi connectivity index (χ0n) is 14.3. The molecule has 4 nitrogen and oxygen atoms in total. The number of carbonyl (C=O) groups excluding carboxylic acids is 2. The second-order valence-corrected chi connectivity index (χ2v) is 6.75. The second-order valence-electron chi connectivity index (χ2n) is 5.77. The number of carbonyl (C=O) groups is 2. The summed E-state index contributed by atoms with van der Waals surface area (Å²) < 4.78 is 44.2. The van der Waals surface area contributed by atoms with E-state index in [-0.39, 0.29) is 5.56 Å². The van der Waals surface area contributed by atoms with Gasteiger partial charge in [0, 0.05) is 4.88 Å². The molecule has 0 aliphatic carbocycles. The fourth-order valence-electron chi connectivity index (χ4n) is 2.47. The quantitative estimate of drug-likeness (QED) is 0.625. The van der Waals surface area contributed by atoms with Crippen molar-refractivity contribution in [2.75, 3.05) is 6.61 Å². The maximum absolute atomic E-state index is 13.2. The Balaban J connectivity index is 1.66. The van der Waals surface area contributed by atoms with Gasteiger partial charge < -0.3 is 10.1 Å². The van der Waals surface area contributed by atoms with Crippen molar-refractivity contribution in [3.05, 3.63) is 93.4 Å². The third-order valence-corrected chi connectivity index (χ3v) is 4.76. The average Bonchev–Trinajstić information content (AvgIpc) is 3.21. The number of thiophene rings is 1. The van der Waals surface area contributed by atoms with Gasteiger partial charge in [0.1, 0.15) is 5.82 Å². The lowest BCUT2D eigenvalue weighted by atomic mass is 10.1. The molecule has 1 heterocycles. The molecule has 1 N–H and O–H groups in total. The molecular formula is C20H14F3NO3S. The van der Waals surface area contributed by atoms with Gasteiger partial charge in [-0.15, -0.1) is 11.3 Å². The summed E-state index contributed by atoms with van der Waals surface area (Å²) in [7, 11) is 0. The fraction of sp³-hybridized carbons (Fsp3) is 0.100. The normalized spacial score (nSPS) is 11.7. The fourth-order valence-corrected chi connectivity index (χ4v) is 3.27. The molecule has 1 amide bonds. The molecule has 0 radical (unpaired) electrons. The van der Waals surface area contributed by atoms with Crippen LogP contribution >= 0.6 is 11.3 Å². The summed E-state index contributed by atoms with van der Waals surface area (Å²) in [6, 6.07) is 11.3. The monoisotopic (exact) mass is 405 g/mol. The Hall–Kier alpha value is -3.13. The highest BCUT2D eigenvalue weighted by atomic mass is 32.1. The summed E-state index contributed by atoms with van der Waals surface area (Å²) in [6.45, 7) is -0.610. The zero-order chi connectivity index (χ0) is 20.1. The van der Waals surface area contributed by atoms with Crippen LogP contribution in [0.25, 0.3) is 0 Å². The van der Waals surface area contributed by atoms with Crippen LogP contribution in [0, 0.1) is 17.5 Å². The highest BCUT2D eigenvalue weighted by Crippen LogP contribution is 2.26. The van der Waals surface area contributed by atoms with Crippen LogP contribution in [0.1, 0.15) is 26.8 Å². The van der Waals surface area contributed by atoms with Crippen LogP contribution in [0.3, 0.4) is 0 Å². The number of halogens is 3. The number of rotatable bonds is 6. The molecule has 1 atom stereocenters. The van der Waals surface area contributed by atoms with Crippen molar-refractivity contribution in [3.63, 3.8) is 0 Å². The van der Waals surface area contributed by atoms with E-state index in [0.717, 1.165) is 17.0 Å². The number of benzene rings is 2. The molecule has 0 saturated heterocycles. The SMILES string of the molecule is O=C(COC(=O)c1ccc(F)c(F)c1)N[C@@H](c1ccc(F)cc1)c1cccs1. The molecular weight excluding hydrogens is 391 g/mol. The first-order chi connectivity index (χ1) is 13.4. The number of esters is 1. The predicted molar refractivity (Wildman–Crippen MR) is 97.3 cm³/mol. The predicted octanol–water partition coefficient (Wildman–Crippen LogP) is 4.23. The van der Waals surface area contributed by atoms with Crippen molar-refractivity contribution in [1.82, 2.24) is 5.32 Å². The highest BCUT2D eigenvalue weighted by Gasteiger charge is 2.19. The maximum atomic E-state index is 13.2. The van der Waals surface area contributed by atoms with Crippen molar-refractivity contribution in [2.45, 2.75) is 6.04 Å². The standard InChI is InChI=1S/C20H14F3NO3S/c21-14-6-3-12(4-7-14)19(17-2-1-9-28-17)24-18(25)11-27-20(26)13-5-8-15(22)16(23)10-13/h1-10,19H,11H2,(H,24,25)/t19-/m0/s1. The minimum Gasteiger partial charge on any atom is -0.452 e. The summed E-state index contributed by atoms with van der Waals surface area (Å²) in [5.74, 6) is -4.23. The molecule has 0 unspecified atom stereocenters. The molecule has 0 saturated carbocycles. The minimum atomic E-state index is -1.19. The summed E-state index contributed by atoms with van der Waals surface area (Å²) in [6.07, 6.45) is 0. The number of hydrogen-bond acceptors (Lipinski definition) is 4. The molecule has 144 valence electrons. The molecule has 3 aromatic rings. The van der Waals surface area contributed by atoms with E-state index in [1.54, 1.807) is 12.1 Å². The van der Waals surface area contributed by atoms with Gasteiger partial charge in [-0.3, -0.25) is 4.79 Å². The van der Waals surface area contributed by atoms with Gasteiger partial charge in [-0.05, 0) is 47.3 Å². The largest absolute Gasteiger partial charge is 0.452 e. The maximum Gasteiger partial charge on any atom is 0.338 e. The molecule has 3 rings (SSSR count). The van der Waals surface area contributed by atoms with Gasteiger partial charge in [0.25, 0.3) is 5.91 Å². The van der Waals surface area contributed by atoms with E-state index in [4.69, 9.17) is 4.74 Å². The minimum absolute atomic E-state index is 0.208. The Kier molecular flexibility index (Phi) is 6.10. The van der Waals surface area contributed by atoms with E-state index in [9.17, 15) is 22.8 Å². The number of ether oxygens (including phenoxy) is 1. The van der Waals surface area contributed by atoms with Gasteiger partial charge in [0.05, 0.1) is 11.6 Å². The smallest absolute Gasteiger partial charge is 0.338 e. The van der Waals surface area contributed by atoms with E-state index < -0.39 is 42.0 Å². The first kappa shape index (κ1) is 19.6. The van der Waals surface area contributed by atoms with Gasteiger partial charge in [0.15, 0.2) is 18.2 Å². The van der Waals surface area contributed by atoms with E-state index in [1.807, 2.05) is 17.5 Å². The van der Waals surface area contributed by atoms with Gasteiger partial charge in [-0.25, -0.2) is 18.0 Å². The van der Waals surface area contributed by atoms with Crippen LogP contribution in [-0.4, -0.2) is 18.5 Å². The Morgan fingerprint density at radius 3 is 2.39 bits per heavy atom. The molecule has 8 heteroatoms. The van der Waals surface area contributed by atoms with Crippen LogP contribution in [0.2, 0.25) is 0 Å². The van der Waals surface area contributed by atoms with Crippen molar-refractivity contribution in [2.24, 2.45) is 0 Å². The molecule has 0 aliphatic rings. The third-order valence-electron chi connectivity index (χ3n) is 3.83. The van der Waals surface area contributed by atoms with Crippen LogP contribution in [-0.2, 0) is 9.53 Å². The molecule has 0 fully saturated rings. The Morgan fingerprint density at radius 2 is 1.75 bits per heavy atom. The summed E-state index contributed by atoms with van der Waals surface area (Å²) in [4.78, 5) is 25.0. The molecule has 2 aromatic carbocycles.